The van der Waals surface area contributed by atoms with E-state index in [-0.39, 0.29) is 26.8 Å². The first-order valence-corrected chi connectivity index (χ1v) is 13.2. The van der Waals surface area contributed by atoms with Gasteiger partial charge in [0.05, 0.1) is 17.3 Å². The zero-order chi connectivity index (χ0) is 25.7. The molecule has 4 aromatic rings. The summed E-state index contributed by atoms with van der Waals surface area (Å²) in [7, 11) is -4.17. The maximum absolute atomic E-state index is 13.0. The van der Waals surface area contributed by atoms with Crippen LogP contribution in [0.2, 0.25) is 0 Å². The standard InChI is InChI=1S/C25H23N5O4S2/c1-16-12-14-19(15-13-16)22(31)27-24-28-29-25(35-24)36(33,34)30-21-11-7-6-10-20(21)23(32)26-17(2)18-8-4-3-5-9-18/h3-15,17,30H,1-2H3,(H,26,32)(H,27,28,31). The Bertz CT molecular complexity index is 1490. The van der Waals surface area contributed by atoms with Crippen molar-refractivity contribution in [3.8, 4) is 0 Å². The lowest BCUT2D eigenvalue weighted by Gasteiger charge is -2.16. The number of aromatic nitrogens is 2. The van der Waals surface area contributed by atoms with Crippen LogP contribution in [0.4, 0.5) is 10.8 Å². The molecule has 3 N–H and O–H groups in total. The van der Waals surface area contributed by atoms with E-state index in [1.165, 1.54) is 12.1 Å². The van der Waals surface area contributed by atoms with Gasteiger partial charge in [-0.15, -0.1) is 10.2 Å². The van der Waals surface area contributed by atoms with Crippen LogP contribution >= 0.6 is 11.3 Å². The number of para-hydroxylation sites is 1. The molecule has 0 bridgehead atoms. The molecule has 9 nitrogen and oxygen atoms in total. The van der Waals surface area contributed by atoms with Crippen LogP contribution in [0.15, 0.2) is 83.2 Å². The minimum Gasteiger partial charge on any atom is -0.345 e. The van der Waals surface area contributed by atoms with Gasteiger partial charge in [-0.2, -0.15) is 8.42 Å². The SMILES string of the molecule is Cc1ccc(C(=O)Nc2nnc(S(=O)(=O)Nc3ccccc3C(=O)NC(C)c3ccccc3)s2)cc1. The summed E-state index contributed by atoms with van der Waals surface area (Å²) in [5.74, 6) is -0.870. The second-order valence-corrected chi connectivity index (χ2v) is 10.8. The van der Waals surface area contributed by atoms with Crippen molar-refractivity contribution in [2.75, 3.05) is 10.0 Å². The highest BCUT2D eigenvalue weighted by molar-refractivity contribution is 7.94. The maximum Gasteiger partial charge on any atom is 0.291 e. The Morgan fingerprint density at radius 1 is 0.861 bits per heavy atom. The van der Waals surface area contributed by atoms with Gasteiger partial charge in [0.1, 0.15) is 0 Å². The molecule has 0 aliphatic heterocycles. The average Bonchev–Trinajstić information content (AvgIpc) is 3.34. The number of aryl methyl sites for hydroxylation is 1. The van der Waals surface area contributed by atoms with Gasteiger partial charge in [-0.05, 0) is 43.7 Å². The third-order valence-corrected chi connectivity index (χ3v) is 7.81. The van der Waals surface area contributed by atoms with Gasteiger partial charge in [-0.1, -0.05) is 71.5 Å². The van der Waals surface area contributed by atoms with Gasteiger partial charge in [0.15, 0.2) is 0 Å². The van der Waals surface area contributed by atoms with E-state index in [4.69, 9.17) is 0 Å². The zero-order valence-corrected chi connectivity index (χ0v) is 21.1. The summed E-state index contributed by atoms with van der Waals surface area (Å²) in [5.41, 5.74) is 2.57. The molecule has 0 fully saturated rings. The number of anilines is 2. The minimum absolute atomic E-state index is 0.0312. The molecule has 1 atom stereocenters. The fourth-order valence-electron chi connectivity index (χ4n) is 3.30. The molecule has 0 spiro atoms. The molecule has 0 radical (unpaired) electrons. The fraction of sp³-hybridized carbons (Fsp3) is 0.120. The Morgan fingerprint density at radius 3 is 2.25 bits per heavy atom. The van der Waals surface area contributed by atoms with E-state index < -0.39 is 21.8 Å². The molecular formula is C25H23N5O4S2. The predicted octanol–water partition coefficient (Wildman–Crippen LogP) is 4.39. The predicted molar refractivity (Wildman–Crippen MR) is 139 cm³/mol. The van der Waals surface area contributed by atoms with Gasteiger partial charge in [-0.25, -0.2) is 0 Å². The number of carbonyl (C=O) groups excluding carboxylic acids is 2. The summed E-state index contributed by atoms with van der Waals surface area (Å²) in [4.78, 5) is 25.3. The summed E-state index contributed by atoms with van der Waals surface area (Å²) < 4.78 is 28.0. The zero-order valence-electron chi connectivity index (χ0n) is 19.4. The first-order valence-electron chi connectivity index (χ1n) is 10.9. The Labute approximate surface area is 212 Å². The van der Waals surface area contributed by atoms with E-state index in [0.717, 1.165) is 11.1 Å². The number of nitrogens with zero attached hydrogens (tertiary/aromatic N) is 2. The van der Waals surface area contributed by atoms with E-state index in [2.05, 4.69) is 25.6 Å². The highest BCUT2D eigenvalue weighted by atomic mass is 32.2. The van der Waals surface area contributed by atoms with Gasteiger partial charge in [-0.3, -0.25) is 19.6 Å². The summed E-state index contributed by atoms with van der Waals surface area (Å²) >= 11 is 0.702. The van der Waals surface area contributed by atoms with Crippen LogP contribution < -0.4 is 15.4 Å². The largest absolute Gasteiger partial charge is 0.345 e. The lowest BCUT2D eigenvalue weighted by Crippen LogP contribution is -2.28. The molecule has 2 amide bonds. The number of hydrogen-bond acceptors (Lipinski definition) is 7. The van der Waals surface area contributed by atoms with Crippen LogP contribution in [0.25, 0.3) is 0 Å². The Hall–Kier alpha value is -4.09. The maximum atomic E-state index is 13.0. The molecule has 0 saturated carbocycles. The Kier molecular flexibility index (Phi) is 7.41. The van der Waals surface area contributed by atoms with Gasteiger partial charge in [0.2, 0.25) is 5.13 Å². The van der Waals surface area contributed by atoms with Crippen molar-refractivity contribution in [1.82, 2.24) is 15.5 Å². The molecule has 11 heteroatoms. The van der Waals surface area contributed by atoms with Crippen molar-refractivity contribution in [2.24, 2.45) is 0 Å². The number of carbonyl (C=O) groups is 2. The molecule has 4 rings (SSSR count). The first kappa shape index (κ1) is 25.0. The lowest BCUT2D eigenvalue weighted by molar-refractivity contribution is 0.0940. The quantitative estimate of drug-likeness (QED) is 0.295. The van der Waals surface area contributed by atoms with Crippen molar-refractivity contribution < 1.29 is 18.0 Å². The van der Waals surface area contributed by atoms with Crippen molar-refractivity contribution in [2.45, 2.75) is 24.2 Å². The second-order valence-electron chi connectivity index (χ2n) is 7.95. The van der Waals surface area contributed by atoms with Crippen LogP contribution in [0.5, 0.6) is 0 Å². The van der Waals surface area contributed by atoms with Gasteiger partial charge in [0, 0.05) is 5.56 Å². The number of amides is 2. The smallest absolute Gasteiger partial charge is 0.291 e. The minimum atomic E-state index is -4.17. The van der Waals surface area contributed by atoms with Crippen molar-refractivity contribution >= 4 is 44.0 Å². The Morgan fingerprint density at radius 2 is 1.53 bits per heavy atom. The summed E-state index contributed by atoms with van der Waals surface area (Å²) in [6, 6.07) is 22.3. The van der Waals surface area contributed by atoms with E-state index >= 15 is 0 Å². The van der Waals surface area contributed by atoms with Crippen molar-refractivity contribution in [3.05, 3.63) is 101 Å². The summed E-state index contributed by atoms with van der Waals surface area (Å²) in [6.45, 7) is 3.75. The molecule has 3 aromatic carbocycles. The molecule has 0 saturated heterocycles. The van der Waals surface area contributed by atoms with E-state index in [9.17, 15) is 18.0 Å². The van der Waals surface area contributed by atoms with Crippen LogP contribution in [0.3, 0.4) is 0 Å². The normalized spacial score (nSPS) is 11.9. The van der Waals surface area contributed by atoms with Crippen LogP contribution in [-0.4, -0.2) is 30.4 Å². The molecule has 1 unspecified atom stereocenters. The Balaban J connectivity index is 1.48. The number of rotatable bonds is 8. The summed E-state index contributed by atoms with van der Waals surface area (Å²) in [6.07, 6.45) is 0. The monoisotopic (exact) mass is 521 g/mol. The van der Waals surface area contributed by atoms with E-state index in [0.29, 0.717) is 16.9 Å². The third-order valence-electron chi connectivity index (χ3n) is 5.23. The molecule has 0 aliphatic carbocycles. The number of benzene rings is 3. The van der Waals surface area contributed by atoms with Crippen molar-refractivity contribution in [3.63, 3.8) is 0 Å². The van der Waals surface area contributed by atoms with Crippen LogP contribution in [0.1, 0.15) is 44.8 Å². The molecular weight excluding hydrogens is 498 g/mol. The first-order chi connectivity index (χ1) is 17.2. The topological polar surface area (TPSA) is 130 Å². The van der Waals surface area contributed by atoms with Gasteiger partial charge in [0.25, 0.3) is 26.2 Å². The van der Waals surface area contributed by atoms with Crippen LogP contribution in [0, 0.1) is 6.92 Å². The summed E-state index contributed by atoms with van der Waals surface area (Å²) in [5, 5.41) is 12.9. The van der Waals surface area contributed by atoms with E-state index in [1.54, 1.807) is 36.4 Å². The lowest BCUT2D eigenvalue weighted by atomic mass is 10.1. The molecule has 184 valence electrons. The molecule has 1 heterocycles. The van der Waals surface area contributed by atoms with Gasteiger partial charge < -0.3 is 5.32 Å². The molecule has 36 heavy (non-hydrogen) atoms. The van der Waals surface area contributed by atoms with Gasteiger partial charge >= 0.3 is 0 Å². The second kappa shape index (κ2) is 10.7. The van der Waals surface area contributed by atoms with E-state index in [1.807, 2.05) is 44.2 Å². The molecule has 1 aromatic heterocycles. The average molecular weight is 522 g/mol. The highest BCUT2D eigenvalue weighted by Gasteiger charge is 2.24. The van der Waals surface area contributed by atoms with Crippen LogP contribution in [-0.2, 0) is 10.0 Å². The number of hydrogen-bond donors (Lipinski definition) is 3. The number of nitrogens with one attached hydrogen (secondary N) is 3. The highest BCUT2D eigenvalue weighted by Crippen LogP contribution is 2.25. The fourth-order valence-corrected chi connectivity index (χ4v) is 5.28. The van der Waals surface area contributed by atoms with Crippen molar-refractivity contribution in [1.29, 1.82) is 0 Å². The molecule has 0 aliphatic rings. The number of sulfonamides is 1. The third kappa shape index (κ3) is 5.93.